The van der Waals surface area contributed by atoms with E-state index in [1.165, 1.54) is 32.2 Å². The van der Waals surface area contributed by atoms with Gasteiger partial charge in [-0.3, -0.25) is 0 Å². The molecule has 0 atom stereocenters. The molecule has 3 nitrogen and oxygen atoms in total. The van der Waals surface area contributed by atoms with Crippen LogP contribution in [0.4, 0.5) is 0 Å². The van der Waals surface area contributed by atoms with Gasteiger partial charge in [-0.15, -0.1) is 0 Å². The summed E-state index contributed by atoms with van der Waals surface area (Å²) in [6.45, 7) is 10.5. The molecule has 18 heavy (non-hydrogen) atoms. The van der Waals surface area contributed by atoms with Gasteiger partial charge in [-0.05, 0) is 59.5 Å². The molecule has 0 heterocycles. The molecule has 0 aromatic rings. The molecule has 0 aromatic heterocycles. The smallest absolute Gasteiger partial charge is 0.0350 e. The van der Waals surface area contributed by atoms with Crippen molar-refractivity contribution in [2.45, 2.75) is 51.6 Å². The van der Waals surface area contributed by atoms with E-state index in [9.17, 15) is 0 Å². The molecule has 2 N–H and O–H groups in total. The molecule has 0 radical (unpaired) electrons. The van der Waals surface area contributed by atoms with Crippen LogP contribution in [0.15, 0.2) is 12.3 Å². The summed E-state index contributed by atoms with van der Waals surface area (Å²) in [4.78, 5) is 2.31. The molecule has 1 aliphatic rings. The molecule has 0 unspecified atom stereocenters. The van der Waals surface area contributed by atoms with Crippen molar-refractivity contribution in [1.82, 2.24) is 15.5 Å². The van der Waals surface area contributed by atoms with Gasteiger partial charge in [0.15, 0.2) is 0 Å². The van der Waals surface area contributed by atoms with E-state index in [0.717, 1.165) is 18.2 Å². The molecular weight excluding hydrogens is 222 g/mol. The fourth-order valence-corrected chi connectivity index (χ4v) is 2.79. The van der Waals surface area contributed by atoms with Gasteiger partial charge in [-0.25, -0.2) is 0 Å². The maximum Gasteiger partial charge on any atom is 0.0350 e. The summed E-state index contributed by atoms with van der Waals surface area (Å²) in [5.41, 5.74) is 1.11. The lowest BCUT2D eigenvalue weighted by Gasteiger charge is -2.31. The van der Waals surface area contributed by atoms with Crippen molar-refractivity contribution in [3.63, 3.8) is 0 Å². The normalized spacial score (nSPS) is 24.6. The van der Waals surface area contributed by atoms with E-state index >= 15 is 0 Å². The van der Waals surface area contributed by atoms with Gasteiger partial charge in [-0.2, -0.15) is 0 Å². The fraction of sp³-hybridized carbons (Fsp3) is 0.867. The molecule has 3 heteroatoms. The van der Waals surface area contributed by atoms with Crippen LogP contribution in [0.5, 0.6) is 0 Å². The van der Waals surface area contributed by atoms with Crippen molar-refractivity contribution in [3.05, 3.63) is 12.3 Å². The summed E-state index contributed by atoms with van der Waals surface area (Å²) < 4.78 is 0. The number of hydrogen-bond acceptors (Lipinski definition) is 3. The first-order valence-electron chi connectivity index (χ1n) is 7.29. The van der Waals surface area contributed by atoms with Crippen LogP contribution in [0, 0.1) is 5.92 Å². The number of rotatable bonds is 7. The Hall–Kier alpha value is -0.540. The molecule has 1 rings (SSSR count). The number of nitrogens with one attached hydrogen (secondary N) is 2. The molecule has 0 aliphatic heterocycles. The van der Waals surface area contributed by atoms with Gasteiger partial charge in [0, 0.05) is 30.9 Å². The van der Waals surface area contributed by atoms with Crippen molar-refractivity contribution >= 4 is 0 Å². The second kappa shape index (κ2) is 7.80. The Morgan fingerprint density at radius 1 is 1.22 bits per heavy atom. The van der Waals surface area contributed by atoms with E-state index in [4.69, 9.17) is 0 Å². The Labute approximate surface area is 113 Å². The summed E-state index contributed by atoms with van der Waals surface area (Å²) in [6.07, 6.45) is 5.35. The average molecular weight is 253 g/mol. The van der Waals surface area contributed by atoms with E-state index in [-0.39, 0.29) is 0 Å². The first-order chi connectivity index (χ1) is 8.47. The van der Waals surface area contributed by atoms with E-state index in [0.29, 0.717) is 12.1 Å². The van der Waals surface area contributed by atoms with Gasteiger partial charge in [0.05, 0.1) is 0 Å². The summed E-state index contributed by atoms with van der Waals surface area (Å²) in [6, 6.07) is 1.17. The van der Waals surface area contributed by atoms with Crippen LogP contribution >= 0.6 is 0 Å². The highest BCUT2D eigenvalue weighted by Crippen LogP contribution is 2.24. The van der Waals surface area contributed by atoms with E-state index in [2.05, 4.69) is 50.1 Å². The second-order valence-electron chi connectivity index (χ2n) is 6.26. The standard InChI is InChI=1S/C15H31N3/c1-12(2)17-13(3)10-16-15-8-6-14(7-9-15)11-18(4)5/h12,14-17H,3,6-11H2,1-2,4-5H3. The fourth-order valence-electron chi connectivity index (χ4n) is 2.79. The highest BCUT2D eigenvalue weighted by molar-refractivity contribution is 4.96. The average Bonchev–Trinajstić information content (AvgIpc) is 2.26. The van der Waals surface area contributed by atoms with Gasteiger partial charge >= 0.3 is 0 Å². The predicted octanol–water partition coefficient (Wildman–Crippen LogP) is 2.21. The van der Waals surface area contributed by atoms with Gasteiger partial charge in [0.2, 0.25) is 0 Å². The molecule has 1 saturated carbocycles. The topological polar surface area (TPSA) is 27.3 Å². The zero-order valence-corrected chi connectivity index (χ0v) is 12.6. The van der Waals surface area contributed by atoms with E-state index in [1.54, 1.807) is 0 Å². The minimum Gasteiger partial charge on any atom is -0.386 e. The Kier molecular flexibility index (Phi) is 6.72. The summed E-state index contributed by atoms with van der Waals surface area (Å²) in [5, 5.41) is 6.98. The number of hydrogen-bond donors (Lipinski definition) is 2. The Morgan fingerprint density at radius 3 is 2.33 bits per heavy atom. The van der Waals surface area contributed by atoms with Crippen molar-refractivity contribution < 1.29 is 0 Å². The highest BCUT2D eigenvalue weighted by atomic mass is 15.1. The third kappa shape index (κ3) is 6.41. The third-order valence-electron chi connectivity index (χ3n) is 3.57. The molecule has 1 aliphatic carbocycles. The summed E-state index contributed by atoms with van der Waals surface area (Å²) in [5.74, 6) is 0.898. The second-order valence-corrected chi connectivity index (χ2v) is 6.26. The Morgan fingerprint density at radius 2 is 1.83 bits per heavy atom. The van der Waals surface area contributed by atoms with Crippen LogP contribution in [-0.4, -0.2) is 44.2 Å². The van der Waals surface area contributed by atoms with Crippen molar-refractivity contribution in [2.75, 3.05) is 27.2 Å². The van der Waals surface area contributed by atoms with E-state index < -0.39 is 0 Å². The van der Waals surface area contributed by atoms with Crippen LogP contribution in [0.2, 0.25) is 0 Å². The minimum atomic E-state index is 0.482. The zero-order valence-electron chi connectivity index (χ0n) is 12.6. The van der Waals surface area contributed by atoms with E-state index in [1.807, 2.05) is 0 Å². The monoisotopic (exact) mass is 253 g/mol. The molecule has 0 aromatic carbocycles. The molecule has 0 amide bonds. The zero-order chi connectivity index (χ0) is 13.5. The summed E-state index contributed by atoms with van der Waals surface area (Å²) >= 11 is 0. The van der Waals surface area contributed by atoms with Gasteiger partial charge in [0.25, 0.3) is 0 Å². The van der Waals surface area contributed by atoms with Crippen LogP contribution in [0.1, 0.15) is 39.5 Å². The third-order valence-corrected chi connectivity index (χ3v) is 3.57. The SMILES string of the molecule is C=C(CNC1CCC(CN(C)C)CC1)NC(C)C. The van der Waals surface area contributed by atoms with Gasteiger partial charge in [-0.1, -0.05) is 6.58 Å². The Balaban J connectivity index is 2.14. The number of nitrogens with zero attached hydrogens (tertiary/aromatic N) is 1. The lowest BCUT2D eigenvalue weighted by atomic mass is 9.86. The molecule has 0 spiro atoms. The minimum absolute atomic E-state index is 0.482. The van der Waals surface area contributed by atoms with Gasteiger partial charge < -0.3 is 15.5 Å². The van der Waals surface area contributed by atoms with Crippen LogP contribution in [-0.2, 0) is 0 Å². The predicted molar refractivity (Wildman–Crippen MR) is 79.7 cm³/mol. The van der Waals surface area contributed by atoms with Crippen molar-refractivity contribution in [2.24, 2.45) is 5.92 Å². The van der Waals surface area contributed by atoms with Crippen LogP contribution in [0.3, 0.4) is 0 Å². The lowest BCUT2D eigenvalue weighted by molar-refractivity contribution is 0.236. The molecule has 0 saturated heterocycles. The lowest BCUT2D eigenvalue weighted by Crippen LogP contribution is -2.38. The van der Waals surface area contributed by atoms with Crippen LogP contribution in [0.25, 0.3) is 0 Å². The first kappa shape index (κ1) is 15.5. The molecule has 106 valence electrons. The maximum absolute atomic E-state index is 4.05. The quantitative estimate of drug-likeness (QED) is 0.728. The summed E-state index contributed by atoms with van der Waals surface area (Å²) in [7, 11) is 4.35. The van der Waals surface area contributed by atoms with Crippen molar-refractivity contribution in [3.8, 4) is 0 Å². The largest absolute Gasteiger partial charge is 0.386 e. The molecule has 1 fully saturated rings. The maximum atomic E-state index is 4.05. The van der Waals surface area contributed by atoms with Crippen LogP contribution < -0.4 is 10.6 Å². The van der Waals surface area contributed by atoms with Gasteiger partial charge in [0.1, 0.15) is 0 Å². The highest BCUT2D eigenvalue weighted by Gasteiger charge is 2.21. The first-order valence-corrected chi connectivity index (χ1v) is 7.29. The molecular formula is C15H31N3. The Bertz CT molecular complexity index is 240. The molecule has 0 bridgehead atoms. The van der Waals surface area contributed by atoms with Crippen molar-refractivity contribution in [1.29, 1.82) is 0 Å².